The van der Waals surface area contributed by atoms with Crippen LogP contribution in [0.25, 0.3) is 0 Å². The number of esters is 1. The number of rotatable bonds is 6. The van der Waals surface area contributed by atoms with Crippen LogP contribution < -0.4 is 5.32 Å². The van der Waals surface area contributed by atoms with Gasteiger partial charge in [-0.25, -0.2) is 4.79 Å². The van der Waals surface area contributed by atoms with Crippen LogP contribution in [0.15, 0.2) is 88.7 Å². The van der Waals surface area contributed by atoms with E-state index in [-0.39, 0.29) is 11.3 Å². The Morgan fingerprint density at radius 2 is 1.67 bits per heavy atom. The van der Waals surface area contributed by atoms with Crippen molar-refractivity contribution in [3.8, 4) is 5.75 Å². The molecule has 0 unspecified atom stereocenters. The van der Waals surface area contributed by atoms with Gasteiger partial charge in [0.05, 0.1) is 11.3 Å². The molecule has 0 fully saturated rings. The van der Waals surface area contributed by atoms with Gasteiger partial charge in [-0.3, -0.25) is 4.79 Å². The lowest BCUT2D eigenvalue weighted by molar-refractivity contribution is -0.119. The number of ether oxygens (including phenoxy) is 1. The highest BCUT2D eigenvalue weighted by atomic mass is 32.2. The third-order valence-electron chi connectivity index (χ3n) is 3.55. The Hall–Kier alpha value is -3.25. The summed E-state index contributed by atoms with van der Waals surface area (Å²) < 4.78 is 5.01. The van der Waals surface area contributed by atoms with Gasteiger partial charge in [-0.15, -0.1) is 0 Å². The van der Waals surface area contributed by atoms with Crippen molar-refractivity contribution < 1.29 is 19.4 Å². The Bertz CT molecular complexity index is 944. The molecular weight excluding hydrogens is 362 g/mol. The summed E-state index contributed by atoms with van der Waals surface area (Å²) in [6.45, 7) is -0.418. The molecule has 136 valence electrons. The molecule has 0 saturated heterocycles. The molecule has 2 N–H and O–H groups in total. The van der Waals surface area contributed by atoms with Gasteiger partial charge < -0.3 is 15.2 Å². The number of hydrogen-bond donors (Lipinski definition) is 2. The Morgan fingerprint density at radius 1 is 0.926 bits per heavy atom. The van der Waals surface area contributed by atoms with Crippen LogP contribution in [-0.4, -0.2) is 23.6 Å². The van der Waals surface area contributed by atoms with E-state index in [0.29, 0.717) is 5.69 Å². The predicted octanol–water partition coefficient (Wildman–Crippen LogP) is 4.34. The average Bonchev–Trinajstić information content (AvgIpc) is 2.68. The second kappa shape index (κ2) is 8.91. The molecule has 27 heavy (non-hydrogen) atoms. The molecule has 0 aromatic heterocycles. The van der Waals surface area contributed by atoms with E-state index in [1.54, 1.807) is 6.07 Å². The highest BCUT2D eigenvalue weighted by Crippen LogP contribution is 2.33. The van der Waals surface area contributed by atoms with Gasteiger partial charge in [0, 0.05) is 9.79 Å². The van der Waals surface area contributed by atoms with Crippen molar-refractivity contribution in [3.63, 3.8) is 0 Å². The topological polar surface area (TPSA) is 75.6 Å². The molecule has 3 aromatic carbocycles. The van der Waals surface area contributed by atoms with Crippen LogP contribution in [0.5, 0.6) is 5.75 Å². The zero-order valence-corrected chi connectivity index (χ0v) is 15.1. The summed E-state index contributed by atoms with van der Waals surface area (Å²) in [5, 5.41) is 12.2. The molecule has 3 aromatic rings. The molecule has 0 atom stereocenters. The van der Waals surface area contributed by atoms with E-state index in [1.165, 1.54) is 36.0 Å². The van der Waals surface area contributed by atoms with Crippen molar-refractivity contribution in [2.45, 2.75) is 9.79 Å². The first-order valence-corrected chi connectivity index (χ1v) is 9.01. The Morgan fingerprint density at radius 3 is 2.44 bits per heavy atom. The molecule has 0 aliphatic rings. The van der Waals surface area contributed by atoms with Crippen molar-refractivity contribution in [1.29, 1.82) is 0 Å². The number of aromatic hydroxyl groups is 1. The molecule has 0 radical (unpaired) electrons. The van der Waals surface area contributed by atoms with Crippen molar-refractivity contribution in [1.82, 2.24) is 0 Å². The summed E-state index contributed by atoms with van der Waals surface area (Å²) >= 11 is 1.53. The van der Waals surface area contributed by atoms with Gasteiger partial charge in [-0.2, -0.15) is 0 Å². The first-order valence-electron chi connectivity index (χ1n) is 8.20. The van der Waals surface area contributed by atoms with Crippen LogP contribution in [0.3, 0.4) is 0 Å². The fourth-order valence-electron chi connectivity index (χ4n) is 2.31. The van der Waals surface area contributed by atoms with Crippen molar-refractivity contribution >= 4 is 29.3 Å². The van der Waals surface area contributed by atoms with Crippen molar-refractivity contribution in [3.05, 3.63) is 84.4 Å². The summed E-state index contributed by atoms with van der Waals surface area (Å²) in [6, 6.07) is 23.0. The lowest BCUT2D eigenvalue weighted by Gasteiger charge is -2.11. The summed E-state index contributed by atoms with van der Waals surface area (Å²) in [6.07, 6.45) is 0. The Labute approximate surface area is 161 Å². The zero-order chi connectivity index (χ0) is 19.1. The number of amides is 1. The van der Waals surface area contributed by atoms with Crippen LogP contribution in [-0.2, 0) is 9.53 Å². The maximum Gasteiger partial charge on any atom is 0.338 e. The van der Waals surface area contributed by atoms with Crippen LogP contribution in [0, 0.1) is 0 Å². The maximum absolute atomic E-state index is 12.2. The quantitative estimate of drug-likeness (QED) is 0.623. The number of para-hydroxylation sites is 1. The average molecular weight is 379 g/mol. The molecule has 3 rings (SSSR count). The molecular formula is C21H17NO4S. The van der Waals surface area contributed by atoms with Crippen LogP contribution >= 0.6 is 11.8 Å². The first-order chi connectivity index (χ1) is 13.1. The molecule has 0 aliphatic heterocycles. The second-order valence-corrected chi connectivity index (χ2v) is 6.70. The second-order valence-electron chi connectivity index (χ2n) is 5.59. The number of phenolic OH excluding ortho intramolecular Hbond substituents is 1. The van der Waals surface area contributed by atoms with Gasteiger partial charge in [0.25, 0.3) is 5.91 Å². The van der Waals surface area contributed by atoms with Crippen LogP contribution in [0.2, 0.25) is 0 Å². The fourth-order valence-corrected chi connectivity index (χ4v) is 3.23. The highest BCUT2D eigenvalue weighted by Gasteiger charge is 2.12. The molecule has 0 saturated carbocycles. The number of carbonyl (C=O) groups is 2. The number of carbonyl (C=O) groups excluding carboxylic acids is 2. The van der Waals surface area contributed by atoms with Gasteiger partial charge in [-0.05, 0) is 42.5 Å². The molecule has 0 spiro atoms. The van der Waals surface area contributed by atoms with Crippen molar-refractivity contribution in [2.75, 3.05) is 11.9 Å². The number of nitrogens with one attached hydrogen (secondary N) is 1. The van der Waals surface area contributed by atoms with Gasteiger partial charge in [0.2, 0.25) is 0 Å². The van der Waals surface area contributed by atoms with E-state index in [1.807, 2.05) is 48.5 Å². The molecule has 1 amide bonds. The standard InChI is InChI=1S/C21H17NO4S/c23-16-8-6-7-15(13-16)21(25)26-14-20(24)22-18-11-4-5-12-19(18)27-17-9-2-1-3-10-17/h1-13,23H,14H2,(H,22,24). The lowest BCUT2D eigenvalue weighted by atomic mass is 10.2. The number of anilines is 1. The monoisotopic (exact) mass is 379 g/mol. The smallest absolute Gasteiger partial charge is 0.338 e. The van der Waals surface area contributed by atoms with E-state index >= 15 is 0 Å². The lowest BCUT2D eigenvalue weighted by Crippen LogP contribution is -2.21. The Kier molecular flexibility index (Phi) is 6.12. The fraction of sp³-hybridized carbons (Fsp3) is 0.0476. The van der Waals surface area contributed by atoms with E-state index in [9.17, 15) is 14.7 Å². The van der Waals surface area contributed by atoms with Gasteiger partial charge in [0.15, 0.2) is 6.61 Å². The van der Waals surface area contributed by atoms with Crippen LogP contribution in [0.4, 0.5) is 5.69 Å². The zero-order valence-electron chi connectivity index (χ0n) is 14.3. The van der Waals surface area contributed by atoms with E-state index in [2.05, 4.69) is 5.32 Å². The van der Waals surface area contributed by atoms with Gasteiger partial charge >= 0.3 is 5.97 Å². The van der Waals surface area contributed by atoms with Gasteiger partial charge in [-0.1, -0.05) is 48.2 Å². The number of hydrogen-bond acceptors (Lipinski definition) is 5. The van der Waals surface area contributed by atoms with Crippen molar-refractivity contribution in [2.24, 2.45) is 0 Å². The minimum absolute atomic E-state index is 0.0410. The normalized spacial score (nSPS) is 10.2. The third-order valence-corrected chi connectivity index (χ3v) is 4.63. The van der Waals surface area contributed by atoms with E-state index in [4.69, 9.17) is 4.74 Å². The highest BCUT2D eigenvalue weighted by molar-refractivity contribution is 7.99. The predicted molar refractivity (Wildman–Crippen MR) is 104 cm³/mol. The summed E-state index contributed by atoms with van der Waals surface area (Å²) in [7, 11) is 0. The van der Waals surface area contributed by atoms with E-state index < -0.39 is 18.5 Å². The SMILES string of the molecule is O=C(COC(=O)c1cccc(O)c1)Nc1ccccc1Sc1ccccc1. The number of phenols is 1. The molecule has 6 heteroatoms. The Balaban J connectivity index is 1.60. The summed E-state index contributed by atoms with van der Waals surface area (Å²) in [4.78, 5) is 26.1. The number of benzene rings is 3. The minimum Gasteiger partial charge on any atom is -0.508 e. The molecule has 0 aliphatic carbocycles. The van der Waals surface area contributed by atoms with Gasteiger partial charge in [0.1, 0.15) is 5.75 Å². The molecule has 0 bridgehead atoms. The largest absolute Gasteiger partial charge is 0.508 e. The summed E-state index contributed by atoms with van der Waals surface area (Å²) in [5.74, 6) is -1.15. The summed E-state index contributed by atoms with van der Waals surface area (Å²) in [5.41, 5.74) is 0.826. The van der Waals surface area contributed by atoms with E-state index in [0.717, 1.165) is 9.79 Å². The first kappa shape index (κ1) is 18.5. The maximum atomic E-state index is 12.2. The minimum atomic E-state index is -0.673. The molecule has 5 nitrogen and oxygen atoms in total. The van der Waals surface area contributed by atoms with Crippen LogP contribution in [0.1, 0.15) is 10.4 Å². The third kappa shape index (κ3) is 5.36. The molecule has 0 heterocycles.